The number of fused-ring (bicyclic) bond motifs is 6. The van der Waals surface area contributed by atoms with Crippen LogP contribution in [-0.4, -0.2) is 87.8 Å². The Hall–Kier alpha value is -7.31. The summed E-state index contributed by atoms with van der Waals surface area (Å²) in [6.07, 6.45) is 3.00. The molecule has 0 aliphatic carbocycles. The lowest BCUT2D eigenvalue weighted by Gasteiger charge is -2.45. The molecule has 0 bridgehead atoms. The van der Waals surface area contributed by atoms with Crippen LogP contribution in [0.1, 0.15) is 86.8 Å². The Morgan fingerprint density at radius 1 is 0.518 bits per heavy atom. The summed E-state index contributed by atoms with van der Waals surface area (Å²) in [7, 11) is 1.86. The number of rotatable bonds is 10. The molecule has 6 aromatic rings. The van der Waals surface area contributed by atoms with E-state index in [0.29, 0.717) is 61.6 Å². The summed E-state index contributed by atoms with van der Waals surface area (Å²) in [5, 5.41) is 21.6. The zero-order valence-corrected chi connectivity index (χ0v) is 49.4. The molecule has 0 aromatic heterocycles. The molecule has 0 unspecified atom stereocenters. The zero-order valence-electron chi connectivity index (χ0n) is 46.9. The number of amides is 3. The molecule has 6 aromatic carbocycles. The van der Waals surface area contributed by atoms with Crippen LogP contribution in [0.15, 0.2) is 143 Å². The highest BCUT2D eigenvalue weighted by Gasteiger charge is 2.59. The number of halogens is 6. The summed E-state index contributed by atoms with van der Waals surface area (Å²) >= 11 is 3.84. The number of hydrazone groups is 3. The van der Waals surface area contributed by atoms with Crippen molar-refractivity contribution < 1.29 is 54.9 Å². The summed E-state index contributed by atoms with van der Waals surface area (Å²) in [4.78, 5) is 35.2. The Bertz CT molecular complexity index is 3500. The fourth-order valence-corrected chi connectivity index (χ4v) is 16.3. The summed E-state index contributed by atoms with van der Waals surface area (Å²) in [6, 6.07) is 32.2. The number of hydrogen-bond donors (Lipinski definition) is 2. The molecule has 6 aliphatic rings. The number of para-hydroxylation sites is 3. The van der Waals surface area contributed by atoms with Gasteiger partial charge in [-0.05, 0) is 112 Å². The number of hydrogen-bond acceptors (Lipinski definition) is 14. The van der Waals surface area contributed by atoms with E-state index >= 15 is 0 Å². The molecular formula is C62H60F6N8O6S3. The molecule has 0 saturated carbocycles. The minimum absolute atomic E-state index is 0.0311. The molecule has 3 spiro atoms. The molecule has 0 radical (unpaired) electrons. The maximum absolute atomic E-state index is 14.5. The number of thioether (sulfide) groups is 3. The van der Waals surface area contributed by atoms with E-state index in [1.165, 1.54) is 71.1 Å². The summed E-state index contributed by atoms with van der Waals surface area (Å²) < 4.78 is 103. The van der Waals surface area contributed by atoms with Crippen LogP contribution in [0.5, 0.6) is 17.2 Å². The fourth-order valence-electron chi connectivity index (χ4n) is 11.6. The third-order valence-electron chi connectivity index (χ3n) is 15.3. The maximum atomic E-state index is 14.5. The normalized spacial score (nSPS) is 23.2. The van der Waals surface area contributed by atoms with Gasteiger partial charge in [0.05, 0.1) is 19.8 Å². The van der Waals surface area contributed by atoms with Crippen LogP contribution < -0.4 is 25.3 Å². The van der Waals surface area contributed by atoms with E-state index in [-0.39, 0.29) is 62.3 Å². The third-order valence-corrected chi connectivity index (χ3v) is 19.9. The van der Waals surface area contributed by atoms with E-state index in [4.69, 9.17) is 19.9 Å². The lowest BCUT2D eigenvalue weighted by Crippen LogP contribution is -2.51. The second-order valence-corrected chi connectivity index (χ2v) is 24.4. The monoisotopic (exact) mass is 1220 g/mol. The average Bonchev–Trinajstić information content (AvgIpc) is 1.75. The topological polar surface area (TPSA) is 164 Å². The predicted molar refractivity (Wildman–Crippen MR) is 317 cm³/mol. The molecule has 0 saturated heterocycles. The van der Waals surface area contributed by atoms with Crippen LogP contribution in [-0.2, 0) is 29.0 Å². The molecule has 0 fully saturated rings. The molecule has 3 N–H and O–H groups in total. The van der Waals surface area contributed by atoms with Gasteiger partial charge in [0.15, 0.2) is 14.6 Å². The van der Waals surface area contributed by atoms with Gasteiger partial charge in [-0.3, -0.25) is 14.4 Å². The Morgan fingerprint density at radius 3 is 1.14 bits per heavy atom. The molecule has 12 rings (SSSR count). The van der Waals surface area contributed by atoms with E-state index in [2.05, 4.69) is 27.5 Å². The van der Waals surface area contributed by atoms with Crippen molar-refractivity contribution in [3.8, 4) is 17.2 Å². The van der Waals surface area contributed by atoms with E-state index in [1.54, 1.807) is 0 Å². The Morgan fingerprint density at radius 2 is 0.835 bits per heavy atom. The number of carbonyl (C=O) groups excluding carboxylic acids is 3. The largest absolute Gasteiger partial charge is 0.493 e. The van der Waals surface area contributed by atoms with Crippen LogP contribution in [0.4, 0.5) is 26.3 Å². The minimum atomic E-state index is -0.922. The first-order valence-electron chi connectivity index (χ1n) is 27.5. The number of nitrogens with two attached hydrogens (primary N) is 1. The molecule has 6 aliphatic heterocycles. The number of nitrogens with one attached hydrogen (secondary N) is 1. The van der Waals surface area contributed by atoms with Gasteiger partial charge in [0.2, 0.25) is 17.7 Å². The van der Waals surface area contributed by atoms with Crippen molar-refractivity contribution >= 4 is 68.1 Å². The molecule has 23 heteroatoms. The van der Waals surface area contributed by atoms with Gasteiger partial charge < -0.3 is 25.3 Å². The quantitative estimate of drug-likeness (QED) is 0.125. The van der Waals surface area contributed by atoms with E-state index < -0.39 is 49.5 Å². The number of ether oxygens (including phenoxy) is 3. The first kappa shape index (κ1) is 60.8. The molecule has 85 heavy (non-hydrogen) atoms. The van der Waals surface area contributed by atoms with Crippen molar-refractivity contribution in [2.45, 2.75) is 68.0 Å². The Labute approximate surface area is 500 Å². The lowest BCUT2D eigenvalue weighted by atomic mass is 9.86. The van der Waals surface area contributed by atoms with Gasteiger partial charge in [-0.1, -0.05) is 103 Å². The first-order valence-corrected chi connectivity index (χ1v) is 30.0. The van der Waals surface area contributed by atoms with Gasteiger partial charge in [0.25, 0.3) is 0 Å². The van der Waals surface area contributed by atoms with Crippen molar-refractivity contribution in [1.29, 1.82) is 0 Å². The van der Waals surface area contributed by atoms with Crippen molar-refractivity contribution in [1.82, 2.24) is 20.3 Å². The molecular weight excluding hydrogens is 1160 g/mol. The van der Waals surface area contributed by atoms with Gasteiger partial charge in [-0.15, -0.1) is 0 Å². The second kappa shape index (κ2) is 25.3. The Kier molecular flexibility index (Phi) is 18.1. The number of benzene rings is 6. The molecule has 444 valence electrons. The van der Waals surface area contributed by atoms with Gasteiger partial charge >= 0.3 is 0 Å². The van der Waals surface area contributed by atoms with Gasteiger partial charge in [0.1, 0.15) is 67.3 Å². The van der Waals surface area contributed by atoms with Crippen LogP contribution in [0, 0.1) is 52.7 Å². The zero-order chi connectivity index (χ0) is 60.4. The van der Waals surface area contributed by atoms with Crippen molar-refractivity contribution in [3.05, 3.63) is 196 Å². The number of nitrogens with zero attached hydrogens (tertiary/aromatic N) is 6. The molecule has 6 atom stereocenters. The van der Waals surface area contributed by atoms with Crippen LogP contribution in [0.2, 0.25) is 0 Å². The van der Waals surface area contributed by atoms with Gasteiger partial charge in [-0.25, -0.2) is 41.4 Å². The molecule has 3 amide bonds. The van der Waals surface area contributed by atoms with E-state index in [0.717, 1.165) is 90.6 Å². The predicted octanol–water partition coefficient (Wildman–Crippen LogP) is 12.0. The highest BCUT2D eigenvalue weighted by atomic mass is 32.2. The van der Waals surface area contributed by atoms with Crippen molar-refractivity contribution in [2.75, 3.05) is 40.0 Å². The van der Waals surface area contributed by atoms with Crippen LogP contribution in [0.3, 0.4) is 0 Å². The minimum Gasteiger partial charge on any atom is -0.493 e. The summed E-state index contributed by atoms with van der Waals surface area (Å²) in [5.41, 5.74) is 8.38. The summed E-state index contributed by atoms with van der Waals surface area (Å²) in [5.74, 6) is -2.54. The average molecular weight is 1220 g/mol. The third kappa shape index (κ3) is 11.3. The molecule has 14 nitrogen and oxygen atoms in total. The second-order valence-electron chi connectivity index (χ2n) is 20.7. The van der Waals surface area contributed by atoms with E-state index in [9.17, 15) is 40.7 Å². The maximum Gasteiger partial charge on any atom is 0.241 e. The SMILES string of the molecule is CC(=O)N1N=C(c2cc(F)ccc2F)S[C@@]12c1ccccc1OC[C@H]2CCN.CCC[C@@H]1COc2ccccc2[C@@]12SC(c1cc(F)ccc1F)=NN2C(C)=O.CNCC[C@@H]1COc2ccccc2[C@@]12SC(c1cc(F)ccc1F)=NN2C(C)=O. The molecule has 6 heterocycles. The highest BCUT2D eigenvalue weighted by molar-refractivity contribution is 8.16. The van der Waals surface area contributed by atoms with Gasteiger partial charge in [-0.2, -0.15) is 15.3 Å². The van der Waals surface area contributed by atoms with Crippen molar-refractivity contribution in [2.24, 2.45) is 38.8 Å². The smallest absolute Gasteiger partial charge is 0.241 e. The summed E-state index contributed by atoms with van der Waals surface area (Å²) in [6.45, 7) is 8.64. The lowest BCUT2D eigenvalue weighted by molar-refractivity contribution is -0.135. The van der Waals surface area contributed by atoms with Crippen molar-refractivity contribution in [3.63, 3.8) is 0 Å². The van der Waals surface area contributed by atoms with Gasteiger partial charge in [0, 0.05) is 71.9 Å². The van der Waals surface area contributed by atoms with E-state index in [1.807, 2.05) is 79.8 Å². The first-order chi connectivity index (χ1) is 40.9. The van der Waals surface area contributed by atoms with Crippen LogP contribution >= 0.6 is 35.3 Å². The standard InChI is InChI=1S/C21H21F2N3O2S.C21H20F2N2O2S.C20H19F2N3O2S/c1-13(27)26-21(29-20(25-26)16-11-15(22)7-8-18(16)23)14(9-10-24-2)12-28-19-6-4-3-5-17(19)21;1-3-6-14-12-27-19-8-5-4-7-17(19)21(14)25(13(2)26)24-20(28-21)16-11-15(22)9-10-18(16)23;1-12(26)25-20(28-19(24-25)15-10-14(21)6-7-17(15)22)13(8-9-23)11-27-18-5-3-2-4-16(18)20/h3-8,11,14,24H,9-10,12H2,1-2H3;4-5,7-11,14H,3,6,12H2,1-2H3;2-7,10,13H,8-9,11,23H2,1H3/t2*14-,21+;13-,20+/m111/s1. The number of carbonyl (C=O) groups is 3. The Balaban J connectivity index is 0.000000142. The fraction of sp³-hybridized carbons (Fsp3) is 0.323. The highest BCUT2D eigenvalue weighted by Crippen LogP contribution is 2.60. The van der Waals surface area contributed by atoms with Crippen LogP contribution in [0.25, 0.3) is 0 Å².